The second-order valence-corrected chi connectivity index (χ2v) is 7.47. The second-order valence-electron chi connectivity index (χ2n) is 7.47. The van der Waals surface area contributed by atoms with Crippen LogP contribution in [0.3, 0.4) is 0 Å². The first-order valence-corrected chi connectivity index (χ1v) is 10.4. The van der Waals surface area contributed by atoms with Crippen LogP contribution in [0.4, 0.5) is 0 Å². The Hall–Kier alpha value is -0.360. The van der Waals surface area contributed by atoms with E-state index in [2.05, 4.69) is 0 Å². The highest BCUT2D eigenvalue weighted by Crippen LogP contribution is 2.33. The summed E-state index contributed by atoms with van der Waals surface area (Å²) in [7, 11) is 11.5. The van der Waals surface area contributed by atoms with Crippen LogP contribution in [0.25, 0.3) is 0 Å². The number of rotatable bonds is 15. The lowest BCUT2D eigenvalue weighted by molar-refractivity contribution is -0.320. The van der Waals surface area contributed by atoms with Gasteiger partial charge in [0.15, 0.2) is 6.29 Å². The third-order valence-corrected chi connectivity index (χ3v) is 5.78. The van der Waals surface area contributed by atoms with Crippen LogP contribution in [-0.4, -0.2) is 112 Å². The number of hydrogen-bond acceptors (Lipinski definition) is 9. The van der Waals surface area contributed by atoms with E-state index in [1.807, 2.05) is 13.8 Å². The molecule has 180 valence electrons. The quantitative estimate of drug-likeness (QED) is 0.378. The third kappa shape index (κ3) is 6.82. The predicted octanol–water partition coefficient (Wildman–Crippen LogP) is 1.51. The summed E-state index contributed by atoms with van der Waals surface area (Å²) in [6, 6.07) is 0. The zero-order valence-corrected chi connectivity index (χ0v) is 20.0. The van der Waals surface area contributed by atoms with Crippen LogP contribution in [0.15, 0.2) is 0 Å². The van der Waals surface area contributed by atoms with Crippen molar-refractivity contribution in [1.29, 1.82) is 0 Å². The molecule has 9 atom stereocenters. The average Bonchev–Trinajstić information content (AvgIpc) is 2.75. The highest BCUT2D eigenvalue weighted by Gasteiger charge is 2.47. The predicted molar refractivity (Wildman–Crippen MR) is 111 cm³/mol. The summed E-state index contributed by atoms with van der Waals surface area (Å²) in [5.41, 5.74) is 0. The molecule has 1 fully saturated rings. The van der Waals surface area contributed by atoms with E-state index in [1.165, 1.54) is 0 Å². The molecular weight excluding hydrogens is 396 g/mol. The van der Waals surface area contributed by atoms with Crippen molar-refractivity contribution in [1.82, 2.24) is 0 Å². The Morgan fingerprint density at radius 3 is 1.83 bits per heavy atom. The van der Waals surface area contributed by atoms with Crippen molar-refractivity contribution in [3.63, 3.8) is 0 Å². The maximum Gasteiger partial charge on any atom is 0.163 e. The fourth-order valence-electron chi connectivity index (χ4n) is 4.15. The van der Waals surface area contributed by atoms with Gasteiger partial charge in [-0.25, -0.2) is 0 Å². The van der Waals surface area contributed by atoms with Gasteiger partial charge in [0.05, 0.1) is 25.4 Å². The first-order chi connectivity index (χ1) is 14.5. The SMILES string of the molecule is CCC(OC)C(OC1OC(COC)C(OC)C(OC)C1C)C(OC)C(COC)OC. The van der Waals surface area contributed by atoms with Crippen molar-refractivity contribution in [2.24, 2.45) is 5.92 Å². The fourth-order valence-corrected chi connectivity index (χ4v) is 4.15. The topological polar surface area (TPSA) is 83.1 Å². The van der Waals surface area contributed by atoms with Gasteiger partial charge in [-0.15, -0.1) is 0 Å². The molecule has 0 spiro atoms. The van der Waals surface area contributed by atoms with Crippen LogP contribution < -0.4 is 0 Å². The first-order valence-electron chi connectivity index (χ1n) is 10.4. The lowest BCUT2D eigenvalue weighted by atomic mass is 9.91. The molecule has 1 heterocycles. The molecule has 9 heteroatoms. The Balaban J connectivity index is 3.18. The summed E-state index contributed by atoms with van der Waals surface area (Å²) in [6.07, 6.45) is -2.16. The molecule has 0 aromatic rings. The summed E-state index contributed by atoms with van der Waals surface area (Å²) in [5.74, 6) is -0.106. The molecule has 0 N–H and O–H groups in total. The maximum absolute atomic E-state index is 6.53. The summed E-state index contributed by atoms with van der Waals surface area (Å²) in [6.45, 7) is 4.76. The fraction of sp³-hybridized carbons (Fsp3) is 1.00. The van der Waals surface area contributed by atoms with Crippen molar-refractivity contribution >= 4 is 0 Å². The van der Waals surface area contributed by atoms with Gasteiger partial charge in [-0.1, -0.05) is 13.8 Å². The van der Waals surface area contributed by atoms with Gasteiger partial charge in [0.25, 0.3) is 0 Å². The Morgan fingerprint density at radius 1 is 0.767 bits per heavy atom. The minimum absolute atomic E-state index is 0.106. The van der Waals surface area contributed by atoms with E-state index in [1.54, 1.807) is 49.8 Å². The van der Waals surface area contributed by atoms with E-state index in [-0.39, 0.29) is 36.4 Å². The molecule has 9 nitrogen and oxygen atoms in total. The molecule has 0 amide bonds. The highest BCUT2D eigenvalue weighted by molar-refractivity contribution is 4.92. The van der Waals surface area contributed by atoms with Crippen LogP contribution in [0.1, 0.15) is 20.3 Å². The molecule has 1 rings (SSSR count). The average molecular weight is 439 g/mol. The summed E-state index contributed by atoms with van der Waals surface area (Å²) in [5, 5.41) is 0. The van der Waals surface area contributed by atoms with Crippen molar-refractivity contribution < 1.29 is 42.6 Å². The molecule has 0 bridgehead atoms. The molecule has 1 aliphatic rings. The number of hydrogen-bond donors (Lipinski definition) is 0. The molecule has 1 saturated heterocycles. The van der Waals surface area contributed by atoms with Gasteiger partial charge in [0.1, 0.15) is 30.5 Å². The van der Waals surface area contributed by atoms with Gasteiger partial charge in [-0.3, -0.25) is 0 Å². The molecule has 9 unspecified atom stereocenters. The van der Waals surface area contributed by atoms with Gasteiger partial charge in [-0.2, -0.15) is 0 Å². The summed E-state index contributed by atoms with van der Waals surface area (Å²) < 4.78 is 52.0. The van der Waals surface area contributed by atoms with Crippen LogP contribution in [-0.2, 0) is 42.6 Å². The molecule has 0 aromatic carbocycles. The molecular formula is C21H42O9. The largest absolute Gasteiger partial charge is 0.382 e. The van der Waals surface area contributed by atoms with Crippen molar-refractivity contribution in [2.75, 3.05) is 63.0 Å². The van der Waals surface area contributed by atoms with Gasteiger partial charge < -0.3 is 42.6 Å². The van der Waals surface area contributed by atoms with Gasteiger partial charge in [-0.05, 0) is 6.42 Å². The minimum Gasteiger partial charge on any atom is -0.382 e. The number of ether oxygens (including phenoxy) is 9. The van der Waals surface area contributed by atoms with Gasteiger partial charge in [0, 0.05) is 55.7 Å². The molecule has 30 heavy (non-hydrogen) atoms. The van der Waals surface area contributed by atoms with Crippen LogP contribution in [0.2, 0.25) is 0 Å². The molecule has 0 aliphatic carbocycles. The standard InChI is InChI=1S/C21H42O9/c1-10-14(24-5)20(18(27-8)15(25-6)11-22-3)30-21-13(2)17(26-7)19(28-9)16(29-21)12-23-4/h13-21H,10-12H2,1-9H3. The van der Waals surface area contributed by atoms with Gasteiger partial charge in [0.2, 0.25) is 0 Å². The molecule has 0 aromatic heterocycles. The zero-order chi connectivity index (χ0) is 22.7. The van der Waals surface area contributed by atoms with E-state index in [9.17, 15) is 0 Å². The monoisotopic (exact) mass is 438 g/mol. The Labute approximate surface area is 181 Å². The third-order valence-electron chi connectivity index (χ3n) is 5.78. The lowest BCUT2D eigenvalue weighted by Crippen LogP contribution is -2.59. The maximum atomic E-state index is 6.53. The van der Waals surface area contributed by atoms with Crippen molar-refractivity contribution in [3.8, 4) is 0 Å². The lowest BCUT2D eigenvalue weighted by Gasteiger charge is -2.46. The highest BCUT2D eigenvalue weighted by atomic mass is 16.7. The van der Waals surface area contributed by atoms with Crippen molar-refractivity contribution in [2.45, 2.75) is 69.3 Å². The van der Waals surface area contributed by atoms with E-state index < -0.39 is 18.5 Å². The Kier molecular flexibility index (Phi) is 13.5. The van der Waals surface area contributed by atoms with Crippen LogP contribution in [0.5, 0.6) is 0 Å². The van der Waals surface area contributed by atoms with Crippen LogP contribution >= 0.6 is 0 Å². The zero-order valence-electron chi connectivity index (χ0n) is 20.0. The summed E-state index contributed by atoms with van der Waals surface area (Å²) in [4.78, 5) is 0. The normalized spacial score (nSPS) is 31.3. The molecule has 1 aliphatic heterocycles. The first kappa shape index (κ1) is 27.7. The molecule has 0 radical (unpaired) electrons. The smallest absolute Gasteiger partial charge is 0.163 e. The second kappa shape index (κ2) is 14.7. The van der Waals surface area contributed by atoms with E-state index in [0.29, 0.717) is 13.2 Å². The van der Waals surface area contributed by atoms with E-state index in [4.69, 9.17) is 42.6 Å². The van der Waals surface area contributed by atoms with Crippen LogP contribution in [0, 0.1) is 5.92 Å². The van der Waals surface area contributed by atoms with E-state index >= 15 is 0 Å². The molecule has 0 saturated carbocycles. The number of methoxy groups -OCH3 is 7. The van der Waals surface area contributed by atoms with Gasteiger partial charge >= 0.3 is 0 Å². The summed E-state index contributed by atoms with van der Waals surface area (Å²) >= 11 is 0. The van der Waals surface area contributed by atoms with E-state index in [0.717, 1.165) is 6.42 Å². The minimum atomic E-state index is -0.576. The Morgan fingerprint density at radius 2 is 1.40 bits per heavy atom. The Bertz CT molecular complexity index is 435. The van der Waals surface area contributed by atoms with Crippen molar-refractivity contribution in [3.05, 3.63) is 0 Å².